The molecule has 232 valence electrons. The summed E-state index contributed by atoms with van der Waals surface area (Å²) in [6, 6.07) is 8.10. The number of hydrogen-bond donors (Lipinski definition) is 2. The Morgan fingerprint density at radius 2 is 1.77 bits per heavy atom. The average molecular weight is 633 g/mol. The molecule has 1 atom stereocenters. The van der Waals surface area contributed by atoms with Crippen LogP contribution in [0.15, 0.2) is 42.5 Å². The molecule has 0 saturated carbocycles. The maximum atomic E-state index is 13.5. The van der Waals surface area contributed by atoms with E-state index in [9.17, 15) is 44.3 Å². The van der Waals surface area contributed by atoms with E-state index in [-0.39, 0.29) is 34.9 Å². The third-order valence-electron chi connectivity index (χ3n) is 6.62. The summed E-state index contributed by atoms with van der Waals surface area (Å²) in [5.41, 5.74) is -1.32. The Labute approximate surface area is 242 Å². The first-order valence-corrected chi connectivity index (χ1v) is 14.8. The van der Waals surface area contributed by atoms with Gasteiger partial charge in [0, 0.05) is 11.8 Å². The summed E-state index contributed by atoms with van der Waals surface area (Å²) in [5.74, 6) is -2.68. The number of halogens is 6. The number of aromatic nitrogens is 2. The number of alkyl halides is 6. The highest BCUT2D eigenvalue weighted by molar-refractivity contribution is 7.91. The maximum Gasteiger partial charge on any atom is 0.422 e. The zero-order chi connectivity index (χ0) is 32.0. The lowest BCUT2D eigenvalue weighted by atomic mass is 9.85. The largest absolute Gasteiger partial charge is 0.484 e. The normalized spacial score (nSPS) is 17.3. The Bertz CT molecular complexity index is 1670. The topological polar surface area (TPSA) is 119 Å². The molecule has 2 aromatic carbocycles. The quantitative estimate of drug-likeness (QED) is 0.347. The van der Waals surface area contributed by atoms with Crippen LogP contribution in [0.2, 0.25) is 0 Å². The van der Waals surface area contributed by atoms with Crippen molar-refractivity contribution in [3.05, 3.63) is 64.8 Å². The van der Waals surface area contributed by atoms with E-state index < -0.39 is 57.5 Å². The Hall–Kier alpha value is -4.08. The molecule has 1 aromatic heterocycles. The number of sulfone groups is 1. The van der Waals surface area contributed by atoms with Gasteiger partial charge in [-0.1, -0.05) is 25.1 Å². The molecule has 1 aliphatic rings. The molecule has 16 heteroatoms. The van der Waals surface area contributed by atoms with Crippen LogP contribution in [-0.2, 0) is 39.3 Å². The summed E-state index contributed by atoms with van der Waals surface area (Å²) >= 11 is 0. The van der Waals surface area contributed by atoms with Crippen LogP contribution in [-0.4, -0.2) is 54.8 Å². The molecular formula is C27H26F6N4O5S. The number of benzene rings is 2. The predicted octanol–water partition coefficient (Wildman–Crippen LogP) is 4.71. The minimum absolute atomic E-state index is 0.0242. The van der Waals surface area contributed by atoms with E-state index in [2.05, 4.69) is 15.7 Å². The number of rotatable bonds is 8. The standard InChI is InChI=1S/C27H26F6N4O5S/c1-4-15-11-18(42-14-26(28,29)30)9-10-19(15)25(2)13-37-23(24(39)35-25)22(34-20(38)12-43(3,40)41)21(36-37)16-5-7-17(8-6-16)27(31,32)33/h5-11H,4,12-14H2,1-3H3,(H,34,38)(H,35,39)/t25-/m1/s1. The van der Waals surface area contributed by atoms with Crippen molar-refractivity contribution in [3.8, 4) is 17.0 Å². The van der Waals surface area contributed by atoms with Gasteiger partial charge in [-0.15, -0.1) is 0 Å². The van der Waals surface area contributed by atoms with Crippen LogP contribution in [0.5, 0.6) is 5.75 Å². The fraction of sp³-hybridized carbons (Fsp3) is 0.370. The van der Waals surface area contributed by atoms with Crippen LogP contribution in [0.25, 0.3) is 11.3 Å². The molecule has 43 heavy (non-hydrogen) atoms. The highest BCUT2D eigenvalue weighted by Gasteiger charge is 2.41. The number of hydrogen-bond acceptors (Lipinski definition) is 6. The van der Waals surface area contributed by atoms with Crippen LogP contribution in [0.1, 0.15) is 41.0 Å². The predicted molar refractivity (Wildman–Crippen MR) is 143 cm³/mol. The maximum absolute atomic E-state index is 13.5. The zero-order valence-corrected chi connectivity index (χ0v) is 23.8. The van der Waals surface area contributed by atoms with Crippen molar-refractivity contribution in [1.29, 1.82) is 0 Å². The van der Waals surface area contributed by atoms with Crippen molar-refractivity contribution >= 4 is 27.3 Å². The lowest BCUT2D eigenvalue weighted by Gasteiger charge is -2.37. The first-order valence-electron chi connectivity index (χ1n) is 12.7. The van der Waals surface area contributed by atoms with Gasteiger partial charge in [-0.3, -0.25) is 14.3 Å². The van der Waals surface area contributed by atoms with Crippen molar-refractivity contribution < 1.29 is 49.1 Å². The van der Waals surface area contributed by atoms with Gasteiger partial charge in [-0.2, -0.15) is 31.4 Å². The molecule has 0 bridgehead atoms. The van der Waals surface area contributed by atoms with Gasteiger partial charge in [0.1, 0.15) is 22.9 Å². The van der Waals surface area contributed by atoms with Gasteiger partial charge in [0.25, 0.3) is 5.91 Å². The van der Waals surface area contributed by atoms with Crippen LogP contribution < -0.4 is 15.4 Å². The monoisotopic (exact) mass is 632 g/mol. The molecule has 2 heterocycles. The number of ether oxygens (including phenoxy) is 1. The summed E-state index contributed by atoms with van der Waals surface area (Å²) in [7, 11) is -3.78. The van der Waals surface area contributed by atoms with E-state index in [1.165, 1.54) is 22.9 Å². The zero-order valence-electron chi connectivity index (χ0n) is 23.0. The molecule has 0 radical (unpaired) electrons. The average Bonchev–Trinajstić information content (AvgIpc) is 3.22. The molecule has 4 rings (SSSR count). The van der Waals surface area contributed by atoms with E-state index in [0.29, 0.717) is 17.5 Å². The molecule has 0 aliphatic carbocycles. The Morgan fingerprint density at radius 1 is 1.12 bits per heavy atom. The lowest BCUT2D eigenvalue weighted by Crippen LogP contribution is -2.52. The van der Waals surface area contributed by atoms with Gasteiger partial charge in [0.2, 0.25) is 5.91 Å². The number of nitrogens with zero attached hydrogens (tertiary/aromatic N) is 2. The van der Waals surface area contributed by atoms with Gasteiger partial charge in [-0.25, -0.2) is 8.42 Å². The van der Waals surface area contributed by atoms with Crippen LogP contribution in [0, 0.1) is 0 Å². The number of nitrogens with one attached hydrogen (secondary N) is 2. The molecule has 2 amide bonds. The van der Waals surface area contributed by atoms with E-state index in [4.69, 9.17) is 4.74 Å². The fourth-order valence-electron chi connectivity index (χ4n) is 4.82. The first-order chi connectivity index (χ1) is 19.8. The van der Waals surface area contributed by atoms with Gasteiger partial charge < -0.3 is 15.4 Å². The van der Waals surface area contributed by atoms with Crippen molar-refractivity contribution in [2.24, 2.45) is 0 Å². The first kappa shape index (κ1) is 31.8. The second-order valence-electron chi connectivity index (χ2n) is 10.3. The van der Waals surface area contributed by atoms with E-state index >= 15 is 0 Å². The molecule has 0 fully saturated rings. The molecule has 0 spiro atoms. The molecular weight excluding hydrogens is 606 g/mol. The number of carbonyl (C=O) groups is 2. The fourth-order valence-corrected chi connectivity index (χ4v) is 5.36. The summed E-state index contributed by atoms with van der Waals surface area (Å²) in [6.45, 7) is 1.87. The third kappa shape index (κ3) is 7.29. The minimum Gasteiger partial charge on any atom is -0.484 e. The van der Waals surface area contributed by atoms with E-state index in [0.717, 1.165) is 30.5 Å². The number of amides is 2. The van der Waals surface area contributed by atoms with Crippen molar-refractivity contribution in [3.63, 3.8) is 0 Å². The molecule has 0 unspecified atom stereocenters. The summed E-state index contributed by atoms with van der Waals surface area (Å²) < 4.78 is 107. The molecule has 9 nitrogen and oxygen atoms in total. The molecule has 1 aliphatic heterocycles. The third-order valence-corrected chi connectivity index (χ3v) is 7.41. The van der Waals surface area contributed by atoms with E-state index in [1.54, 1.807) is 13.8 Å². The van der Waals surface area contributed by atoms with Gasteiger partial charge in [-0.05, 0) is 48.7 Å². The smallest absolute Gasteiger partial charge is 0.422 e. The second-order valence-corrected chi connectivity index (χ2v) is 12.4. The molecule has 3 aromatic rings. The lowest BCUT2D eigenvalue weighted by molar-refractivity contribution is -0.153. The summed E-state index contributed by atoms with van der Waals surface area (Å²) in [5, 5.41) is 9.64. The summed E-state index contributed by atoms with van der Waals surface area (Å²) in [6.07, 6.45) is -7.96. The van der Waals surface area contributed by atoms with Crippen molar-refractivity contribution in [2.75, 3.05) is 23.9 Å². The Kier molecular flexibility index (Phi) is 8.30. The minimum atomic E-state index is -4.62. The van der Waals surface area contributed by atoms with Crippen LogP contribution in [0.4, 0.5) is 32.0 Å². The van der Waals surface area contributed by atoms with Gasteiger partial charge in [0.05, 0.1) is 17.6 Å². The van der Waals surface area contributed by atoms with Crippen LogP contribution >= 0.6 is 0 Å². The van der Waals surface area contributed by atoms with Crippen molar-refractivity contribution in [2.45, 2.75) is 44.7 Å². The SMILES string of the molecule is CCc1cc(OCC(F)(F)F)ccc1[C@@]1(C)Cn2nc(-c3ccc(C(F)(F)F)cc3)c(NC(=O)CS(C)(=O)=O)c2C(=O)N1. The Balaban J connectivity index is 1.77. The number of fused-ring (bicyclic) bond motifs is 1. The van der Waals surface area contributed by atoms with Gasteiger partial charge in [0.15, 0.2) is 22.1 Å². The molecule has 0 saturated heterocycles. The highest BCUT2D eigenvalue weighted by atomic mass is 32.2. The van der Waals surface area contributed by atoms with Gasteiger partial charge >= 0.3 is 12.4 Å². The number of aryl methyl sites for hydroxylation is 1. The number of carbonyl (C=O) groups excluding carboxylic acids is 2. The molecule has 2 N–H and O–H groups in total. The van der Waals surface area contributed by atoms with Crippen molar-refractivity contribution in [1.82, 2.24) is 15.1 Å². The number of anilines is 1. The van der Waals surface area contributed by atoms with E-state index in [1.807, 2.05) is 0 Å². The second kappa shape index (κ2) is 11.2. The summed E-state index contributed by atoms with van der Waals surface area (Å²) in [4.78, 5) is 26.1. The van der Waals surface area contributed by atoms with Crippen LogP contribution in [0.3, 0.4) is 0 Å². The highest BCUT2D eigenvalue weighted by Crippen LogP contribution is 2.39. The Morgan fingerprint density at radius 3 is 2.33 bits per heavy atom.